The van der Waals surface area contributed by atoms with Crippen molar-refractivity contribution in [1.82, 2.24) is 14.8 Å². The minimum Gasteiger partial charge on any atom is -0.497 e. The van der Waals surface area contributed by atoms with Crippen molar-refractivity contribution in [2.45, 2.75) is 18.5 Å². The van der Waals surface area contributed by atoms with Crippen LogP contribution >= 0.6 is 0 Å². The Balaban J connectivity index is 1.79. The Bertz CT molecular complexity index is 940. The van der Waals surface area contributed by atoms with E-state index in [1.165, 1.54) is 13.4 Å². The number of rotatable bonds is 5. The number of anilines is 1. The van der Waals surface area contributed by atoms with E-state index in [1.807, 2.05) is 59.3 Å². The number of aromatic nitrogens is 3. The number of methoxy groups -OCH3 is 2. The van der Waals surface area contributed by atoms with Crippen molar-refractivity contribution in [2.24, 2.45) is 0 Å². The van der Waals surface area contributed by atoms with Crippen LogP contribution in [0.4, 0.5) is 5.95 Å². The van der Waals surface area contributed by atoms with Gasteiger partial charge in [-0.2, -0.15) is 10.1 Å². The SMILES string of the molecule is COCC(=O)N1c2ncnn2C(c2ccc(OC)cc2)CC1c1ccccc1. The van der Waals surface area contributed by atoms with E-state index in [4.69, 9.17) is 9.47 Å². The van der Waals surface area contributed by atoms with Crippen molar-refractivity contribution in [3.8, 4) is 5.75 Å². The fourth-order valence-corrected chi connectivity index (χ4v) is 3.73. The van der Waals surface area contributed by atoms with Gasteiger partial charge in [0, 0.05) is 7.11 Å². The monoisotopic (exact) mass is 378 g/mol. The Morgan fingerprint density at radius 3 is 2.43 bits per heavy atom. The Morgan fingerprint density at radius 2 is 1.75 bits per heavy atom. The second kappa shape index (κ2) is 7.82. The van der Waals surface area contributed by atoms with E-state index in [0.717, 1.165) is 16.9 Å². The third-order valence-electron chi connectivity index (χ3n) is 5.04. The number of ether oxygens (including phenoxy) is 2. The average molecular weight is 378 g/mol. The van der Waals surface area contributed by atoms with Gasteiger partial charge in [0.25, 0.3) is 5.91 Å². The summed E-state index contributed by atoms with van der Waals surface area (Å²) in [6, 6.07) is 17.7. The summed E-state index contributed by atoms with van der Waals surface area (Å²) in [5.41, 5.74) is 2.15. The minimum atomic E-state index is -0.160. The molecule has 0 N–H and O–H groups in total. The zero-order chi connectivity index (χ0) is 19.5. The quantitative estimate of drug-likeness (QED) is 0.683. The van der Waals surface area contributed by atoms with Gasteiger partial charge in [-0.25, -0.2) is 4.68 Å². The minimum absolute atomic E-state index is 0.0105. The molecule has 2 unspecified atom stereocenters. The standard InChI is InChI=1S/C21H22N4O3/c1-27-13-20(26)24-18(15-6-4-3-5-7-15)12-19(25-21(24)22-14-23-25)16-8-10-17(28-2)11-9-16/h3-11,14,18-19H,12-13H2,1-2H3. The molecule has 144 valence electrons. The van der Waals surface area contributed by atoms with E-state index in [-0.39, 0.29) is 24.6 Å². The summed E-state index contributed by atoms with van der Waals surface area (Å²) < 4.78 is 12.2. The summed E-state index contributed by atoms with van der Waals surface area (Å²) in [6.45, 7) is -0.0105. The van der Waals surface area contributed by atoms with Gasteiger partial charge in [0.05, 0.1) is 19.2 Å². The molecular weight excluding hydrogens is 356 g/mol. The number of carbonyl (C=O) groups is 1. The average Bonchev–Trinajstić information content (AvgIpc) is 3.23. The molecule has 7 nitrogen and oxygen atoms in total. The van der Waals surface area contributed by atoms with Crippen LogP contribution in [-0.4, -0.2) is 41.5 Å². The first-order valence-corrected chi connectivity index (χ1v) is 9.12. The molecule has 0 bridgehead atoms. The molecule has 2 aromatic carbocycles. The van der Waals surface area contributed by atoms with Crippen LogP contribution in [0.25, 0.3) is 0 Å². The number of benzene rings is 2. The number of amides is 1. The number of fused-ring (bicyclic) bond motifs is 1. The molecule has 4 rings (SSSR count). The van der Waals surface area contributed by atoms with E-state index >= 15 is 0 Å². The lowest BCUT2D eigenvalue weighted by Gasteiger charge is -2.39. The lowest BCUT2D eigenvalue weighted by molar-refractivity contribution is -0.123. The molecule has 1 aromatic heterocycles. The molecule has 1 aliphatic rings. The number of hydrogen-bond acceptors (Lipinski definition) is 5. The van der Waals surface area contributed by atoms with Gasteiger partial charge in [0.15, 0.2) is 0 Å². The van der Waals surface area contributed by atoms with Gasteiger partial charge >= 0.3 is 0 Å². The van der Waals surface area contributed by atoms with Crippen LogP contribution in [-0.2, 0) is 9.53 Å². The summed E-state index contributed by atoms with van der Waals surface area (Å²) >= 11 is 0. The van der Waals surface area contributed by atoms with E-state index in [9.17, 15) is 4.79 Å². The number of hydrogen-bond donors (Lipinski definition) is 0. The van der Waals surface area contributed by atoms with Crippen LogP contribution < -0.4 is 9.64 Å². The molecule has 2 heterocycles. The van der Waals surface area contributed by atoms with Gasteiger partial charge in [-0.15, -0.1) is 0 Å². The van der Waals surface area contributed by atoms with Gasteiger partial charge in [-0.3, -0.25) is 9.69 Å². The van der Waals surface area contributed by atoms with Gasteiger partial charge in [0.1, 0.15) is 18.7 Å². The van der Waals surface area contributed by atoms with Crippen LogP contribution in [0.3, 0.4) is 0 Å². The Morgan fingerprint density at radius 1 is 1.04 bits per heavy atom. The van der Waals surface area contributed by atoms with Crippen LogP contribution in [0.5, 0.6) is 5.75 Å². The van der Waals surface area contributed by atoms with E-state index in [2.05, 4.69) is 10.1 Å². The Kier molecular flexibility index (Phi) is 5.08. The summed E-state index contributed by atoms with van der Waals surface area (Å²) in [5, 5.41) is 4.42. The van der Waals surface area contributed by atoms with Crippen molar-refractivity contribution in [3.63, 3.8) is 0 Å². The highest BCUT2D eigenvalue weighted by atomic mass is 16.5. The fourth-order valence-electron chi connectivity index (χ4n) is 3.73. The molecule has 0 aliphatic carbocycles. The molecule has 0 spiro atoms. The van der Waals surface area contributed by atoms with Crippen molar-refractivity contribution in [1.29, 1.82) is 0 Å². The molecule has 7 heteroatoms. The third-order valence-corrected chi connectivity index (χ3v) is 5.04. The van der Waals surface area contributed by atoms with Crippen molar-refractivity contribution < 1.29 is 14.3 Å². The zero-order valence-corrected chi connectivity index (χ0v) is 15.9. The molecule has 28 heavy (non-hydrogen) atoms. The zero-order valence-electron chi connectivity index (χ0n) is 15.9. The normalized spacial score (nSPS) is 18.6. The maximum absolute atomic E-state index is 12.9. The Hall–Kier alpha value is -3.19. The van der Waals surface area contributed by atoms with Crippen LogP contribution in [0.2, 0.25) is 0 Å². The fraction of sp³-hybridized carbons (Fsp3) is 0.286. The summed E-state index contributed by atoms with van der Waals surface area (Å²) in [5.74, 6) is 1.19. The first-order chi connectivity index (χ1) is 13.7. The summed E-state index contributed by atoms with van der Waals surface area (Å²) in [7, 11) is 3.17. The predicted molar refractivity (Wildman–Crippen MR) is 104 cm³/mol. The maximum atomic E-state index is 12.9. The first-order valence-electron chi connectivity index (χ1n) is 9.12. The van der Waals surface area contributed by atoms with E-state index < -0.39 is 0 Å². The van der Waals surface area contributed by atoms with Crippen LogP contribution in [0, 0.1) is 0 Å². The van der Waals surface area contributed by atoms with Gasteiger partial charge in [0.2, 0.25) is 5.95 Å². The van der Waals surface area contributed by atoms with E-state index in [1.54, 1.807) is 12.0 Å². The van der Waals surface area contributed by atoms with E-state index in [0.29, 0.717) is 12.4 Å². The second-order valence-corrected chi connectivity index (χ2v) is 6.65. The third kappa shape index (κ3) is 3.25. The summed E-state index contributed by atoms with van der Waals surface area (Å²) in [6.07, 6.45) is 2.18. The summed E-state index contributed by atoms with van der Waals surface area (Å²) in [4.78, 5) is 19.0. The molecule has 3 aromatic rings. The Labute approximate surface area is 163 Å². The second-order valence-electron chi connectivity index (χ2n) is 6.65. The van der Waals surface area contributed by atoms with Crippen LogP contribution in [0.1, 0.15) is 29.6 Å². The number of carbonyl (C=O) groups excluding carboxylic acids is 1. The maximum Gasteiger partial charge on any atom is 0.255 e. The van der Waals surface area contributed by atoms with Gasteiger partial charge in [-0.05, 0) is 29.7 Å². The molecule has 1 aliphatic heterocycles. The first kappa shape index (κ1) is 18.2. The molecule has 0 fully saturated rings. The highest BCUT2D eigenvalue weighted by molar-refractivity contribution is 5.93. The number of nitrogens with zero attached hydrogens (tertiary/aromatic N) is 4. The van der Waals surface area contributed by atoms with Crippen molar-refractivity contribution >= 4 is 11.9 Å². The highest BCUT2D eigenvalue weighted by Crippen LogP contribution is 2.41. The molecule has 1 amide bonds. The predicted octanol–water partition coefficient (Wildman–Crippen LogP) is 3.00. The molecule has 0 saturated heterocycles. The largest absolute Gasteiger partial charge is 0.497 e. The molecule has 0 saturated carbocycles. The molecule has 2 atom stereocenters. The molecular formula is C21H22N4O3. The smallest absolute Gasteiger partial charge is 0.255 e. The lowest BCUT2D eigenvalue weighted by Crippen LogP contribution is -2.44. The van der Waals surface area contributed by atoms with Gasteiger partial charge < -0.3 is 9.47 Å². The topological polar surface area (TPSA) is 69.5 Å². The lowest BCUT2D eigenvalue weighted by atomic mass is 9.92. The molecule has 0 radical (unpaired) electrons. The van der Waals surface area contributed by atoms with Crippen molar-refractivity contribution in [2.75, 3.05) is 25.7 Å². The van der Waals surface area contributed by atoms with Gasteiger partial charge in [-0.1, -0.05) is 42.5 Å². The van der Waals surface area contributed by atoms with Crippen LogP contribution in [0.15, 0.2) is 60.9 Å². The highest BCUT2D eigenvalue weighted by Gasteiger charge is 2.39. The van der Waals surface area contributed by atoms with Crippen molar-refractivity contribution in [3.05, 3.63) is 72.1 Å².